The van der Waals surface area contributed by atoms with Crippen LogP contribution in [0.25, 0.3) is 0 Å². The third-order valence-electron chi connectivity index (χ3n) is 4.52. The number of piperazine rings is 1. The van der Waals surface area contributed by atoms with Crippen LogP contribution in [0.5, 0.6) is 5.75 Å². The summed E-state index contributed by atoms with van der Waals surface area (Å²) in [4.78, 5) is 22.7. The number of halogens is 2. The quantitative estimate of drug-likeness (QED) is 0.499. The number of sulfonamides is 1. The van der Waals surface area contributed by atoms with E-state index in [1.165, 1.54) is 29.2 Å². The highest BCUT2D eigenvalue weighted by atomic mass is 32.2. The van der Waals surface area contributed by atoms with Crippen LogP contribution in [-0.2, 0) is 14.8 Å². The van der Waals surface area contributed by atoms with E-state index in [0.717, 1.165) is 22.5 Å². The Kier molecular flexibility index (Phi) is 6.27. The van der Waals surface area contributed by atoms with E-state index in [9.17, 15) is 32.1 Å². The van der Waals surface area contributed by atoms with Crippen molar-refractivity contribution >= 4 is 21.6 Å². The molecule has 1 aliphatic rings. The fourth-order valence-electron chi connectivity index (χ4n) is 2.94. The van der Waals surface area contributed by atoms with E-state index in [4.69, 9.17) is 4.74 Å². The summed E-state index contributed by atoms with van der Waals surface area (Å²) in [5.74, 6) is -2.50. The number of carbonyl (C=O) groups is 1. The maximum atomic E-state index is 13.9. The number of nitrogens with zero attached hydrogens (tertiary/aromatic N) is 3. The second-order valence-electron chi connectivity index (χ2n) is 6.38. The molecule has 0 aromatic heterocycles. The van der Waals surface area contributed by atoms with Gasteiger partial charge in [-0.1, -0.05) is 6.07 Å². The molecule has 160 valence electrons. The van der Waals surface area contributed by atoms with Crippen molar-refractivity contribution in [1.82, 2.24) is 9.21 Å². The van der Waals surface area contributed by atoms with Crippen LogP contribution in [0.4, 0.5) is 14.5 Å². The topological polar surface area (TPSA) is 110 Å². The molecular weight excluding hydrogens is 424 g/mol. The number of non-ortho nitro benzene ring substituents is 1. The first-order valence-electron chi connectivity index (χ1n) is 8.79. The second-order valence-corrected chi connectivity index (χ2v) is 8.25. The zero-order valence-corrected chi connectivity index (χ0v) is 16.3. The van der Waals surface area contributed by atoms with Gasteiger partial charge < -0.3 is 9.64 Å². The molecule has 9 nitrogen and oxygen atoms in total. The molecule has 12 heteroatoms. The molecule has 0 N–H and O–H groups in total. The van der Waals surface area contributed by atoms with Crippen molar-refractivity contribution in [2.24, 2.45) is 0 Å². The van der Waals surface area contributed by atoms with Crippen molar-refractivity contribution in [2.45, 2.75) is 4.90 Å². The normalized spacial score (nSPS) is 15.1. The highest BCUT2D eigenvalue weighted by Crippen LogP contribution is 2.23. The van der Waals surface area contributed by atoms with Gasteiger partial charge in [0, 0.05) is 38.3 Å². The molecule has 1 fully saturated rings. The summed E-state index contributed by atoms with van der Waals surface area (Å²) in [6.07, 6.45) is 0. The lowest BCUT2D eigenvalue weighted by Gasteiger charge is -2.34. The Hall–Kier alpha value is -3.12. The van der Waals surface area contributed by atoms with Gasteiger partial charge in [0.15, 0.2) is 11.5 Å². The number of amides is 1. The van der Waals surface area contributed by atoms with Crippen molar-refractivity contribution in [2.75, 3.05) is 32.8 Å². The molecule has 2 aromatic rings. The van der Waals surface area contributed by atoms with Gasteiger partial charge in [0.05, 0.1) is 4.92 Å². The van der Waals surface area contributed by atoms with Gasteiger partial charge >= 0.3 is 0 Å². The zero-order chi connectivity index (χ0) is 21.9. The van der Waals surface area contributed by atoms with Gasteiger partial charge in [0.2, 0.25) is 10.0 Å². The monoisotopic (exact) mass is 441 g/mol. The van der Waals surface area contributed by atoms with Crippen molar-refractivity contribution < 1.29 is 31.7 Å². The first kappa shape index (κ1) is 21.6. The number of carbonyl (C=O) groups excluding carboxylic acids is 1. The molecule has 1 heterocycles. The van der Waals surface area contributed by atoms with E-state index in [0.29, 0.717) is 0 Å². The predicted molar refractivity (Wildman–Crippen MR) is 100 cm³/mol. The lowest BCUT2D eigenvalue weighted by molar-refractivity contribution is -0.384. The number of ether oxygens (including phenoxy) is 1. The molecule has 2 aromatic carbocycles. The van der Waals surface area contributed by atoms with Crippen LogP contribution in [-0.4, -0.2) is 61.2 Å². The minimum atomic E-state index is -4.38. The molecule has 0 radical (unpaired) electrons. The Bertz CT molecular complexity index is 1030. The molecule has 0 aliphatic carbocycles. The molecule has 0 bridgehead atoms. The molecule has 30 heavy (non-hydrogen) atoms. The van der Waals surface area contributed by atoms with Gasteiger partial charge in [-0.25, -0.2) is 17.2 Å². The lowest BCUT2D eigenvalue weighted by Crippen LogP contribution is -2.51. The Morgan fingerprint density at radius 2 is 1.60 bits per heavy atom. The van der Waals surface area contributed by atoms with Crippen LogP contribution < -0.4 is 4.74 Å². The average Bonchev–Trinajstić information content (AvgIpc) is 2.72. The van der Waals surface area contributed by atoms with Crippen LogP contribution in [0.2, 0.25) is 0 Å². The van der Waals surface area contributed by atoms with E-state index >= 15 is 0 Å². The summed E-state index contributed by atoms with van der Waals surface area (Å²) in [5.41, 5.74) is -0.114. The minimum Gasteiger partial charge on any atom is -0.484 e. The second kappa shape index (κ2) is 8.71. The summed E-state index contributed by atoms with van der Waals surface area (Å²) in [6.45, 7) is -0.541. The molecular formula is C18H17F2N3O6S. The van der Waals surface area contributed by atoms with Crippen LogP contribution in [0.3, 0.4) is 0 Å². The third-order valence-corrected chi connectivity index (χ3v) is 6.47. The maximum absolute atomic E-state index is 13.9. The summed E-state index contributed by atoms with van der Waals surface area (Å²) in [6, 6.07) is 8.01. The SMILES string of the molecule is O=C(COc1ccc([N+](=O)[O-])cc1)N1CCN(S(=O)(=O)c2c(F)cccc2F)CC1. The molecule has 1 amide bonds. The average molecular weight is 441 g/mol. The van der Waals surface area contributed by atoms with Crippen molar-refractivity contribution in [3.8, 4) is 5.75 Å². The molecule has 0 saturated carbocycles. The molecule has 0 unspecified atom stereocenters. The Labute approximate surface area is 170 Å². The standard InChI is InChI=1S/C18H17F2N3O6S/c19-15-2-1-3-16(20)18(15)30(27,28)22-10-8-21(9-11-22)17(24)12-29-14-6-4-13(5-7-14)23(25)26/h1-7H,8-12H2. The fraction of sp³-hybridized carbons (Fsp3) is 0.278. The highest BCUT2D eigenvalue weighted by Gasteiger charge is 2.34. The Morgan fingerprint density at radius 3 is 2.13 bits per heavy atom. The summed E-state index contributed by atoms with van der Waals surface area (Å²) < 4.78 is 59.1. The number of nitro groups is 1. The van der Waals surface area contributed by atoms with E-state index in [1.807, 2.05) is 0 Å². The minimum absolute atomic E-state index is 0.0256. The fourth-order valence-corrected chi connectivity index (χ4v) is 4.47. The Balaban J connectivity index is 1.57. The number of nitro benzene ring substituents is 1. The highest BCUT2D eigenvalue weighted by molar-refractivity contribution is 7.89. The molecule has 1 saturated heterocycles. The largest absolute Gasteiger partial charge is 0.484 e. The number of hydrogen-bond acceptors (Lipinski definition) is 6. The Morgan fingerprint density at radius 1 is 1.03 bits per heavy atom. The summed E-state index contributed by atoms with van der Waals surface area (Å²) in [5, 5.41) is 10.6. The first-order chi connectivity index (χ1) is 14.2. The molecule has 3 rings (SSSR count). The van der Waals surface area contributed by atoms with Crippen molar-refractivity contribution in [3.63, 3.8) is 0 Å². The van der Waals surface area contributed by atoms with E-state index in [-0.39, 0.29) is 44.2 Å². The molecule has 1 aliphatic heterocycles. The predicted octanol–water partition coefficient (Wildman–Crippen LogP) is 1.78. The van der Waals surface area contributed by atoms with Crippen molar-refractivity contribution in [1.29, 1.82) is 0 Å². The van der Waals surface area contributed by atoms with Gasteiger partial charge in [-0.3, -0.25) is 14.9 Å². The zero-order valence-electron chi connectivity index (χ0n) is 15.5. The summed E-state index contributed by atoms with van der Waals surface area (Å²) >= 11 is 0. The smallest absolute Gasteiger partial charge is 0.269 e. The maximum Gasteiger partial charge on any atom is 0.269 e. The number of hydrogen-bond donors (Lipinski definition) is 0. The van der Waals surface area contributed by atoms with Gasteiger partial charge in [-0.05, 0) is 24.3 Å². The van der Waals surface area contributed by atoms with Crippen LogP contribution in [0.15, 0.2) is 47.4 Å². The van der Waals surface area contributed by atoms with Crippen molar-refractivity contribution in [3.05, 3.63) is 64.2 Å². The van der Waals surface area contributed by atoms with Gasteiger partial charge in [-0.15, -0.1) is 0 Å². The number of benzene rings is 2. The van der Waals surface area contributed by atoms with E-state index < -0.39 is 37.4 Å². The summed E-state index contributed by atoms with van der Waals surface area (Å²) in [7, 11) is -4.38. The first-order valence-corrected chi connectivity index (χ1v) is 10.2. The van der Waals surface area contributed by atoms with Crippen LogP contribution in [0.1, 0.15) is 0 Å². The van der Waals surface area contributed by atoms with Crippen LogP contribution >= 0.6 is 0 Å². The molecule has 0 atom stereocenters. The van der Waals surface area contributed by atoms with Gasteiger partial charge in [0.25, 0.3) is 11.6 Å². The number of rotatable bonds is 6. The third kappa shape index (κ3) is 4.54. The lowest BCUT2D eigenvalue weighted by atomic mass is 10.3. The van der Waals surface area contributed by atoms with E-state index in [1.54, 1.807) is 0 Å². The van der Waals surface area contributed by atoms with Gasteiger partial charge in [-0.2, -0.15) is 4.31 Å². The van der Waals surface area contributed by atoms with Gasteiger partial charge in [0.1, 0.15) is 17.4 Å². The van der Waals surface area contributed by atoms with Crippen LogP contribution in [0, 0.1) is 21.7 Å². The molecule has 0 spiro atoms. The van der Waals surface area contributed by atoms with E-state index in [2.05, 4.69) is 0 Å².